The molecule has 6 N–H and O–H groups in total. The van der Waals surface area contributed by atoms with Gasteiger partial charge in [-0.25, -0.2) is 0 Å². The first-order valence-corrected chi connectivity index (χ1v) is 13.8. The second kappa shape index (κ2) is 111. The fourth-order valence-electron chi connectivity index (χ4n) is 0.949. The van der Waals surface area contributed by atoms with E-state index >= 15 is 0 Å². The summed E-state index contributed by atoms with van der Waals surface area (Å²) in [6.07, 6.45) is 12.2. The molecule has 0 rings (SSSR count). The van der Waals surface area contributed by atoms with Crippen LogP contribution >= 0.6 is 0 Å². The molecule has 0 bridgehead atoms. The molecule has 212 valence electrons. The van der Waals surface area contributed by atoms with Crippen LogP contribution in [0.3, 0.4) is 0 Å². The molecule has 0 aromatic carbocycles. The second-order valence-corrected chi connectivity index (χ2v) is 6.46. The van der Waals surface area contributed by atoms with Gasteiger partial charge < -0.3 is 30.6 Å². The molecule has 11 heteroatoms. The van der Waals surface area contributed by atoms with Crippen LogP contribution in [0.4, 0.5) is 0 Å². The molecule has 0 fully saturated rings. The molecule has 0 amide bonds. The van der Waals surface area contributed by atoms with Crippen LogP contribution in [-0.2, 0) is 47.5 Å². The normalized spacial score (nSPS) is 7.37. The molecule has 8 nitrogen and oxygen atoms in total. The van der Waals surface area contributed by atoms with Gasteiger partial charge in [-0.1, -0.05) is 80.1 Å². The predicted octanol–water partition coefficient (Wildman–Crippen LogP) is 4.05. The van der Waals surface area contributed by atoms with Crippen molar-refractivity contribution < 1.29 is 78.1 Å². The molecular weight excluding hydrogens is 536 g/mol. The molecule has 0 radical (unpaired) electrons. The summed E-state index contributed by atoms with van der Waals surface area (Å²) in [7, 11) is 0. The number of rotatable bonds is 12. The van der Waals surface area contributed by atoms with Crippen LogP contribution in [0.25, 0.3) is 0 Å². The maximum atomic E-state index is 8.25. The number of unbranched alkanes of at least 4 members (excludes halogenated alkanes) is 6. The Morgan fingerprint density at radius 1 is 0.343 bits per heavy atom. The van der Waals surface area contributed by atoms with Gasteiger partial charge in [0.25, 0.3) is 0 Å². The Balaban J connectivity index is -0.0000000320. The molecular formula is C24H60MgO8Ti2+2. The average molecular weight is 597 g/mol. The first kappa shape index (κ1) is 60.9. The van der Waals surface area contributed by atoms with E-state index in [1.165, 1.54) is 0 Å². The average Bonchev–Trinajstić information content (AvgIpc) is 2.87. The Bertz CT molecular complexity index is 156. The fraction of sp³-hybridized carbons (Fsp3) is 1.00. The molecule has 0 aliphatic carbocycles. The minimum absolute atomic E-state index is 0. The van der Waals surface area contributed by atoms with Gasteiger partial charge in [0.1, 0.15) is 0 Å². The summed E-state index contributed by atoms with van der Waals surface area (Å²) in [5, 5.41) is 48.4. The van der Waals surface area contributed by atoms with Crippen molar-refractivity contribution in [3.63, 3.8) is 0 Å². The standard InChI is InChI=1S/6C4H10O.Mg.2O.2Ti/c6*1-2-3-4-5;;;;;/h6*5H,2-4H2,1H3;;;;;/q;;;;;;+2;;;;. The molecule has 0 saturated carbocycles. The van der Waals surface area contributed by atoms with Gasteiger partial charge in [0.05, 0.1) is 0 Å². The molecule has 0 saturated heterocycles. The van der Waals surface area contributed by atoms with E-state index in [9.17, 15) is 0 Å². The van der Waals surface area contributed by atoms with Crippen molar-refractivity contribution in [2.24, 2.45) is 0 Å². The van der Waals surface area contributed by atoms with Gasteiger partial charge in [0.15, 0.2) is 0 Å². The van der Waals surface area contributed by atoms with Crippen LogP contribution in [0.5, 0.6) is 0 Å². The summed E-state index contributed by atoms with van der Waals surface area (Å²) in [5.74, 6) is 0. The molecule has 0 aliphatic heterocycles. The van der Waals surface area contributed by atoms with Crippen molar-refractivity contribution in [2.45, 2.75) is 119 Å². The van der Waals surface area contributed by atoms with Crippen LogP contribution in [0.2, 0.25) is 0 Å². The Hall–Kier alpha value is 1.55. The zero-order valence-electron chi connectivity index (χ0n) is 23.9. The van der Waals surface area contributed by atoms with E-state index in [1.807, 2.05) is 0 Å². The van der Waals surface area contributed by atoms with Gasteiger partial charge >= 0.3 is 70.5 Å². The summed E-state index contributed by atoms with van der Waals surface area (Å²) in [6.45, 7) is 14.4. The van der Waals surface area contributed by atoms with Crippen LogP contribution in [0.15, 0.2) is 0 Å². The monoisotopic (exact) mass is 596 g/mol. The van der Waals surface area contributed by atoms with Crippen molar-refractivity contribution >= 4 is 23.1 Å². The Morgan fingerprint density at radius 3 is 0.429 bits per heavy atom. The Kier molecular flexibility index (Phi) is 193. The van der Waals surface area contributed by atoms with E-state index in [2.05, 4.69) is 41.5 Å². The Labute approximate surface area is 257 Å². The molecule has 35 heavy (non-hydrogen) atoms. The predicted molar refractivity (Wildman–Crippen MR) is 139 cm³/mol. The van der Waals surface area contributed by atoms with Crippen LogP contribution in [0, 0.1) is 0 Å². The molecule has 0 aromatic rings. The molecule has 0 heterocycles. The summed E-state index contributed by atoms with van der Waals surface area (Å²) < 4.78 is 16.5. The van der Waals surface area contributed by atoms with E-state index in [1.54, 1.807) is 0 Å². The zero-order valence-corrected chi connectivity index (χ0v) is 28.5. The summed E-state index contributed by atoms with van der Waals surface area (Å²) in [4.78, 5) is 0. The van der Waals surface area contributed by atoms with E-state index in [-0.39, 0.29) is 23.1 Å². The summed E-state index contributed by atoms with van der Waals surface area (Å²) in [6, 6.07) is 0. The molecule has 0 aromatic heterocycles. The van der Waals surface area contributed by atoms with Crippen molar-refractivity contribution in [3.8, 4) is 0 Å². The van der Waals surface area contributed by atoms with Crippen LogP contribution in [-0.4, -0.2) is 93.3 Å². The topological polar surface area (TPSA) is 156 Å². The summed E-state index contributed by atoms with van der Waals surface area (Å²) >= 11 is 1.50. The number of hydrogen-bond acceptors (Lipinski definition) is 8. The maximum absolute atomic E-state index is 8.25. The van der Waals surface area contributed by atoms with Crippen molar-refractivity contribution in [1.29, 1.82) is 0 Å². The minimum atomic E-state index is 0. The first-order chi connectivity index (χ1) is 16.5. The van der Waals surface area contributed by atoms with Crippen molar-refractivity contribution in [3.05, 3.63) is 0 Å². The molecule has 0 atom stereocenters. The van der Waals surface area contributed by atoms with Crippen LogP contribution < -0.4 is 0 Å². The van der Waals surface area contributed by atoms with Gasteiger partial charge in [-0.05, 0) is 38.5 Å². The van der Waals surface area contributed by atoms with E-state index in [4.69, 9.17) is 37.3 Å². The van der Waals surface area contributed by atoms with Crippen molar-refractivity contribution in [2.75, 3.05) is 39.6 Å². The van der Waals surface area contributed by atoms with Crippen LogP contribution in [0.1, 0.15) is 119 Å². The molecule has 0 spiro atoms. The number of hydrogen-bond donors (Lipinski definition) is 6. The number of aliphatic hydroxyl groups is 6. The summed E-state index contributed by atoms with van der Waals surface area (Å²) in [5.41, 5.74) is 0. The second-order valence-electron chi connectivity index (χ2n) is 6.46. The Morgan fingerprint density at radius 2 is 0.429 bits per heavy atom. The third-order valence-corrected chi connectivity index (χ3v) is 3.07. The number of aliphatic hydroxyl groups excluding tert-OH is 6. The van der Waals surface area contributed by atoms with Crippen molar-refractivity contribution in [1.82, 2.24) is 0 Å². The van der Waals surface area contributed by atoms with E-state index in [0.717, 1.165) is 118 Å². The van der Waals surface area contributed by atoms with Gasteiger partial charge in [-0.15, -0.1) is 0 Å². The zero-order chi connectivity index (χ0) is 28.7. The molecule has 0 aliphatic rings. The van der Waals surface area contributed by atoms with Gasteiger partial charge in [0, 0.05) is 39.6 Å². The fourth-order valence-corrected chi connectivity index (χ4v) is 0.949. The van der Waals surface area contributed by atoms with E-state index in [0.29, 0.717) is 39.6 Å². The van der Waals surface area contributed by atoms with Gasteiger partial charge in [0.2, 0.25) is 0 Å². The SMILES string of the molecule is CCCCO.CCCCO.CCCCO.CCCCO.CCCCO.CCCCO.[Mg+2].[O]=[Ti].[O]=[Ti]. The first-order valence-electron chi connectivity index (χ1n) is 12.5. The quantitative estimate of drug-likeness (QED) is 0.184. The third kappa shape index (κ3) is 218. The van der Waals surface area contributed by atoms with Gasteiger partial charge in [-0.3, -0.25) is 0 Å². The van der Waals surface area contributed by atoms with Gasteiger partial charge in [-0.2, -0.15) is 0 Å². The third-order valence-electron chi connectivity index (χ3n) is 3.07. The molecule has 0 unspecified atom stereocenters. The van der Waals surface area contributed by atoms with E-state index < -0.39 is 0 Å².